The Morgan fingerprint density at radius 1 is 1.08 bits per heavy atom. The predicted octanol–water partition coefficient (Wildman–Crippen LogP) is 2.71. The average molecular weight is 366 g/mol. The molecule has 0 bridgehead atoms. The molecule has 1 aromatic carbocycles. The largest absolute Gasteiger partial charge is 0.459 e. The first kappa shape index (κ1) is 20.7. The number of para-hydroxylation sites is 1. The number of hydrogen-bond donors (Lipinski definition) is 2. The molecule has 0 aliphatic heterocycles. The van der Waals surface area contributed by atoms with E-state index >= 15 is 0 Å². The van der Waals surface area contributed by atoms with Crippen molar-refractivity contribution in [1.82, 2.24) is 10.6 Å². The van der Waals surface area contributed by atoms with Crippen molar-refractivity contribution in [2.75, 3.05) is 31.6 Å². The Kier molecular flexibility index (Phi) is 8.74. The number of amides is 2. The van der Waals surface area contributed by atoms with Gasteiger partial charge in [-0.25, -0.2) is 0 Å². The van der Waals surface area contributed by atoms with Gasteiger partial charge in [0.25, 0.3) is 11.8 Å². The molecule has 25 heavy (non-hydrogen) atoms. The van der Waals surface area contributed by atoms with Crippen molar-refractivity contribution >= 4 is 29.9 Å². The lowest BCUT2D eigenvalue weighted by molar-refractivity contribution is 0.0954. The smallest absolute Gasteiger partial charge is 0.293 e. The van der Waals surface area contributed by atoms with Crippen molar-refractivity contribution in [2.45, 2.75) is 13.3 Å². The number of nitrogens with zero attached hydrogens (tertiary/aromatic N) is 1. The highest BCUT2D eigenvalue weighted by atomic mass is 35.5. The molecule has 0 spiro atoms. The normalized spacial score (nSPS) is 10.0. The minimum absolute atomic E-state index is 0. The first-order valence-electron chi connectivity index (χ1n) is 8.04. The molecule has 0 atom stereocenters. The highest BCUT2D eigenvalue weighted by Crippen LogP contribution is 2.21. The number of nitrogens with one attached hydrogen (secondary N) is 2. The van der Waals surface area contributed by atoms with E-state index in [4.69, 9.17) is 4.42 Å². The lowest BCUT2D eigenvalue weighted by Crippen LogP contribution is -2.34. The molecule has 6 nitrogen and oxygen atoms in total. The molecule has 0 saturated carbocycles. The third-order valence-electron chi connectivity index (χ3n) is 3.56. The number of hydrogen-bond acceptors (Lipinski definition) is 4. The molecule has 2 aromatic rings. The van der Waals surface area contributed by atoms with Crippen LogP contribution >= 0.6 is 12.4 Å². The van der Waals surface area contributed by atoms with Crippen LogP contribution in [0.2, 0.25) is 0 Å². The van der Waals surface area contributed by atoms with Crippen LogP contribution in [0.15, 0.2) is 47.1 Å². The Labute approximate surface area is 154 Å². The summed E-state index contributed by atoms with van der Waals surface area (Å²) in [6, 6.07) is 10.3. The van der Waals surface area contributed by atoms with Crippen LogP contribution in [0.4, 0.5) is 5.69 Å². The van der Waals surface area contributed by atoms with Crippen LogP contribution in [-0.2, 0) is 0 Å². The molecule has 1 aromatic heterocycles. The van der Waals surface area contributed by atoms with Gasteiger partial charge in [-0.2, -0.15) is 0 Å². The second-order valence-electron chi connectivity index (χ2n) is 5.36. The van der Waals surface area contributed by atoms with Crippen LogP contribution in [0.5, 0.6) is 0 Å². The van der Waals surface area contributed by atoms with Crippen LogP contribution in [0.3, 0.4) is 0 Å². The summed E-state index contributed by atoms with van der Waals surface area (Å²) in [7, 11) is 1.62. The molecule has 2 amide bonds. The van der Waals surface area contributed by atoms with Gasteiger partial charge >= 0.3 is 0 Å². The van der Waals surface area contributed by atoms with Crippen LogP contribution in [0.25, 0.3) is 0 Å². The van der Waals surface area contributed by atoms with Crippen molar-refractivity contribution in [3.05, 3.63) is 54.0 Å². The average Bonchev–Trinajstić information content (AvgIpc) is 3.14. The molecule has 0 unspecified atom stereocenters. The SMILES string of the molecule is CCCNCCNC(=O)c1ccccc1N(C)C(=O)c1ccco1.Cl. The fraction of sp³-hybridized carbons (Fsp3) is 0.333. The zero-order chi connectivity index (χ0) is 17.4. The molecule has 0 fully saturated rings. The maximum absolute atomic E-state index is 12.4. The molecule has 0 saturated heterocycles. The van der Waals surface area contributed by atoms with Gasteiger partial charge in [-0.05, 0) is 37.2 Å². The quantitative estimate of drug-likeness (QED) is 0.705. The molecule has 2 rings (SSSR count). The Morgan fingerprint density at radius 3 is 2.52 bits per heavy atom. The number of anilines is 1. The molecular weight excluding hydrogens is 342 g/mol. The zero-order valence-corrected chi connectivity index (χ0v) is 15.3. The van der Waals surface area contributed by atoms with E-state index in [1.807, 2.05) is 0 Å². The number of carbonyl (C=O) groups is 2. The van der Waals surface area contributed by atoms with E-state index in [9.17, 15) is 9.59 Å². The highest BCUT2D eigenvalue weighted by molar-refractivity contribution is 6.09. The highest BCUT2D eigenvalue weighted by Gasteiger charge is 2.20. The van der Waals surface area contributed by atoms with E-state index in [1.165, 1.54) is 11.2 Å². The number of carbonyl (C=O) groups excluding carboxylic acids is 2. The van der Waals surface area contributed by atoms with E-state index in [0.717, 1.165) is 13.0 Å². The second kappa shape index (κ2) is 10.5. The van der Waals surface area contributed by atoms with Gasteiger partial charge in [0.2, 0.25) is 0 Å². The Morgan fingerprint density at radius 2 is 1.84 bits per heavy atom. The molecule has 0 radical (unpaired) electrons. The van der Waals surface area contributed by atoms with E-state index in [2.05, 4.69) is 17.6 Å². The Balaban J connectivity index is 0.00000312. The first-order valence-corrected chi connectivity index (χ1v) is 8.04. The van der Waals surface area contributed by atoms with Gasteiger partial charge in [-0.1, -0.05) is 19.1 Å². The number of halogens is 1. The lowest BCUT2D eigenvalue weighted by Gasteiger charge is -2.19. The minimum atomic E-state index is -0.301. The third kappa shape index (κ3) is 5.62. The van der Waals surface area contributed by atoms with Gasteiger partial charge in [0, 0.05) is 20.1 Å². The van der Waals surface area contributed by atoms with Crippen LogP contribution in [-0.4, -0.2) is 38.5 Å². The number of rotatable bonds is 8. The van der Waals surface area contributed by atoms with Gasteiger partial charge in [0.1, 0.15) is 0 Å². The molecule has 136 valence electrons. The van der Waals surface area contributed by atoms with E-state index in [1.54, 1.807) is 43.4 Å². The summed E-state index contributed by atoms with van der Waals surface area (Å²) >= 11 is 0. The van der Waals surface area contributed by atoms with Crippen molar-refractivity contribution in [3.63, 3.8) is 0 Å². The predicted molar refractivity (Wildman–Crippen MR) is 101 cm³/mol. The summed E-state index contributed by atoms with van der Waals surface area (Å²) in [6.45, 7) is 4.26. The lowest BCUT2D eigenvalue weighted by atomic mass is 10.1. The standard InChI is InChI=1S/C18H23N3O3.ClH/c1-3-10-19-11-12-20-17(22)14-7-4-5-8-15(14)21(2)18(23)16-9-6-13-24-16;/h4-9,13,19H,3,10-12H2,1-2H3,(H,20,22);1H. The number of furan rings is 1. The molecule has 7 heteroatoms. The van der Waals surface area contributed by atoms with E-state index < -0.39 is 0 Å². The van der Waals surface area contributed by atoms with Gasteiger partial charge in [0.05, 0.1) is 17.5 Å². The van der Waals surface area contributed by atoms with Gasteiger partial charge in [-0.3, -0.25) is 9.59 Å². The second-order valence-corrected chi connectivity index (χ2v) is 5.36. The molecule has 0 aliphatic rings. The zero-order valence-electron chi connectivity index (χ0n) is 14.5. The van der Waals surface area contributed by atoms with Crippen LogP contribution < -0.4 is 15.5 Å². The van der Waals surface area contributed by atoms with Crippen molar-refractivity contribution < 1.29 is 14.0 Å². The van der Waals surface area contributed by atoms with Crippen LogP contribution in [0.1, 0.15) is 34.3 Å². The van der Waals surface area contributed by atoms with Crippen molar-refractivity contribution in [1.29, 1.82) is 0 Å². The van der Waals surface area contributed by atoms with Gasteiger partial charge in [-0.15, -0.1) is 12.4 Å². The fourth-order valence-corrected chi connectivity index (χ4v) is 2.29. The monoisotopic (exact) mass is 365 g/mol. The maximum Gasteiger partial charge on any atom is 0.293 e. The third-order valence-corrected chi connectivity index (χ3v) is 3.56. The molecule has 1 heterocycles. The van der Waals surface area contributed by atoms with E-state index in [0.29, 0.717) is 24.3 Å². The summed E-state index contributed by atoms with van der Waals surface area (Å²) in [5.74, 6) is -0.274. The summed E-state index contributed by atoms with van der Waals surface area (Å²) in [6.07, 6.45) is 2.50. The topological polar surface area (TPSA) is 74.6 Å². The van der Waals surface area contributed by atoms with E-state index in [-0.39, 0.29) is 30.0 Å². The van der Waals surface area contributed by atoms with Gasteiger partial charge < -0.3 is 20.0 Å². The van der Waals surface area contributed by atoms with Gasteiger partial charge in [0.15, 0.2) is 5.76 Å². The Bertz CT molecular complexity index is 674. The summed E-state index contributed by atoms with van der Waals surface area (Å²) in [4.78, 5) is 26.2. The Hall–Kier alpha value is -2.31. The molecule has 0 aliphatic carbocycles. The summed E-state index contributed by atoms with van der Waals surface area (Å²) in [5.41, 5.74) is 0.994. The molecule has 2 N–H and O–H groups in total. The maximum atomic E-state index is 12.4. The van der Waals surface area contributed by atoms with Crippen LogP contribution in [0, 0.1) is 0 Å². The first-order chi connectivity index (χ1) is 11.6. The van der Waals surface area contributed by atoms with Crippen molar-refractivity contribution in [2.24, 2.45) is 0 Å². The van der Waals surface area contributed by atoms with Crippen molar-refractivity contribution in [3.8, 4) is 0 Å². The summed E-state index contributed by atoms with van der Waals surface area (Å²) < 4.78 is 5.14. The summed E-state index contributed by atoms with van der Waals surface area (Å²) in [5, 5.41) is 6.09. The molecular formula is C18H24ClN3O3. The minimum Gasteiger partial charge on any atom is -0.459 e. The number of benzene rings is 1. The fourth-order valence-electron chi connectivity index (χ4n) is 2.29.